The molecule has 0 saturated carbocycles. The standard InChI is InChI=1S/C44H74N16O5.ClH/c1-4-7-13-36-34-59(53-51-36)38(15-9-11-17-45)40(61)55-20-24-57(25-21-55)43-48-42(47-19-29-64-31-33-65-32-30-63-28-6-3)49-44(50-43)58-26-22-56(23-27-58)41(62)39(16-10-12-18-46)60-35-37(52-54-60)14-8-5-2;/h3,34-35,38-39H,4-5,7-33,45-46H2,1-2H3,(H,47,48,49,50);1H/p+1/t38-,39-;/m0./s1. The van der Waals surface area contributed by atoms with Gasteiger partial charge >= 0.3 is 0 Å². The average molecular weight is 945 g/mol. The lowest BCUT2D eigenvalue weighted by Gasteiger charge is -2.38. The van der Waals surface area contributed by atoms with Crippen LogP contribution in [0.1, 0.15) is 102 Å². The van der Waals surface area contributed by atoms with Crippen molar-refractivity contribution in [1.29, 1.82) is 0 Å². The first kappa shape index (κ1) is 53.9. The number of aryl methyl sites for hydroxylation is 2. The summed E-state index contributed by atoms with van der Waals surface area (Å²) >= 11 is 0. The zero-order chi connectivity index (χ0) is 46.1. The van der Waals surface area contributed by atoms with Crippen molar-refractivity contribution in [2.24, 2.45) is 0 Å². The SMILES string of the molecule is C#CCOCCOCCOCCNc1nc(N2CCN(C(=O)[C@H](CCCC[NH3+])n3cc(CCCC)nn3)CC2)nc(N2CCN(C(=O)[C@H](CCCC[NH3+])n3cc(CCCC)nn3)CC2)n1.[Cl-]. The van der Waals surface area contributed by atoms with Crippen LogP contribution in [0, 0.1) is 12.3 Å². The van der Waals surface area contributed by atoms with Gasteiger partial charge in [0.1, 0.15) is 18.7 Å². The van der Waals surface area contributed by atoms with E-state index in [1.54, 1.807) is 9.36 Å². The summed E-state index contributed by atoms with van der Waals surface area (Å²) in [4.78, 5) is 51.1. The number of anilines is 3. The summed E-state index contributed by atoms with van der Waals surface area (Å²) in [6.45, 7) is 13.1. The Balaban J connectivity index is 0.00000952. The van der Waals surface area contributed by atoms with Gasteiger partial charge < -0.3 is 63.0 Å². The minimum absolute atomic E-state index is 0. The molecule has 5 heterocycles. The van der Waals surface area contributed by atoms with Crippen LogP contribution in [0.2, 0.25) is 0 Å². The molecule has 0 bridgehead atoms. The van der Waals surface area contributed by atoms with Crippen LogP contribution in [-0.2, 0) is 36.6 Å². The van der Waals surface area contributed by atoms with Crippen molar-refractivity contribution in [3.8, 4) is 12.3 Å². The molecule has 66 heavy (non-hydrogen) atoms. The number of hydrogen-bond acceptors (Lipinski definition) is 15. The Kier molecular flexibility index (Phi) is 24.9. The molecule has 0 spiro atoms. The van der Waals surface area contributed by atoms with Crippen LogP contribution in [0.25, 0.3) is 0 Å². The van der Waals surface area contributed by atoms with E-state index in [4.69, 9.17) is 35.6 Å². The van der Waals surface area contributed by atoms with Gasteiger partial charge in [-0.05, 0) is 64.2 Å². The van der Waals surface area contributed by atoms with Gasteiger partial charge in [0.2, 0.25) is 29.7 Å². The average Bonchev–Trinajstić information content (AvgIpc) is 4.02. The fourth-order valence-electron chi connectivity index (χ4n) is 7.84. The molecule has 0 radical (unpaired) electrons. The molecule has 5 rings (SSSR count). The third kappa shape index (κ3) is 17.2. The first-order valence-electron chi connectivity index (χ1n) is 24.0. The number of nitrogens with zero attached hydrogens (tertiary/aromatic N) is 13. The second-order valence-corrected chi connectivity index (χ2v) is 16.6. The van der Waals surface area contributed by atoms with E-state index in [-0.39, 0.29) is 30.8 Å². The molecule has 0 aliphatic carbocycles. The first-order valence-corrected chi connectivity index (χ1v) is 24.0. The molecule has 368 valence electrons. The lowest BCUT2D eigenvalue weighted by Crippen LogP contribution is -3.00. The van der Waals surface area contributed by atoms with Crippen molar-refractivity contribution < 1.29 is 47.7 Å². The van der Waals surface area contributed by atoms with E-state index in [1.165, 1.54) is 0 Å². The van der Waals surface area contributed by atoms with E-state index in [0.717, 1.165) is 88.7 Å². The van der Waals surface area contributed by atoms with E-state index in [0.29, 0.717) is 123 Å². The summed E-state index contributed by atoms with van der Waals surface area (Å²) in [5.41, 5.74) is 9.83. The van der Waals surface area contributed by atoms with Gasteiger partial charge in [0.25, 0.3) is 0 Å². The number of amides is 2. The van der Waals surface area contributed by atoms with E-state index in [2.05, 4.69) is 67.0 Å². The number of nitrogens with one attached hydrogen (secondary N) is 1. The molecule has 2 saturated heterocycles. The molecule has 21 nitrogen and oxygen atoms in total. The van der Waals surface area contributed by atoms with Gasteiger partial charge in [-0.1, -0.05) is 43.0 Å². The van der Waals surface area contributed by atoms with E-state index >= 15 is 0 Å². The second kappa shape index (κ2) is 30.5. The maximum absolute atomic E-state index is 14.1. The van der Waals surface area contributed by atoms with Gasteiger partial charge in [0.05, 0.1) is 57.5 Å². The highest BCUT2D eigenvalue weighted by Crippen LogP contribution is 2.24. The first-order chi connectivity index (χ1) is 31.9. The molecule has 2 fully saturated rings. The Labute approximate surface area is 396 Å². The fourth-order valence-corrected chi connectivity index (χ4v) is 7.84. The van der Waals surface area contributed by atoms with Crippen LogP contribution in [0.3, 0.4) is 0 Å². The topological polar surface area (TPSA) is 242 Å². The zero-order valence-electron chi connectivity index (χ0n) is 39.5. The fraction of sp³-hybridized carbons (Fsp3) is 0.750. The molecule has 2 atom stereocenters. The number of terminal acetylenes is 1. The Bertz CT molecular complexity index is 1750. The van der Waals surface area contributed by atoms with Crippen LogP contribution >= 0.6 is 0 Å². The van der Waals surface area contributed by atoms with Gasteiger partial charge in [-0.15, -0.1) is 16.6 Å². The Morgan fingerprint density at radius 2 is 1.12 bits per heavy atom. The highest BCUT2D eigenvalue weighted by molar-refractivity contribution is 5.81. The highest BCUT2D eigenvalue weighted by atomic mass is 35.5. The monoisotopic (exact) mass is 944 g/mol. The summed E-state index contributed by atoms with van der Waals surface area (Å²) in [6, 6.07) is -0.822. The number of unbranched alkanes of at least 4 members (excludes halogenated alkanes) is 4. The number of hydrogen-bond donors (Lipinski definition) is 3. The van der Waals surface area contributed by atoms with Gasteiger partial charge in [0.15, 0.2) is 0 Å². The minimum atomic E-state index is -0.411. The summed E-state index contributed by atoms with van der Waals surface area (Å²) in [5.74, 6) is 4.04. The third-order valence-electron chi connectivity index (χ3n) is 11.7. The molecule has 3 aromatic heterocycles. The number of quaternary nitrogens is 2. The van der Waals surface area contributed by atoms with Gasteiger partial charge in [-0.3, -0.25) is 9.59 Å². The van der Waals surface area contributed by atoms with Crippen molar-refractivity contribution in [2.75, 3.05) is 127 Å². The summed E-state index contributed by atoms with van der Waals surface area (Å²) < 4.78 is 20.1. The summed E-state index contributed by atoms with van der Waals surface area (Å²) in [7, 11) is 0. The molecule has 3 aromatic rings. The molecule has 7 N–H and O–H groups in total. The van der Waals surface area contributed by atoms with Crippen molar-refractivity contribution >= 4 is 29.7 Å². The maximum Gasteiger partial charge on any atom is 0.247 e. The van der Waals surface area contributed by atoms with Crippen LogP contribution in [0.5, 0.6) is 0 Å². The number of carbonyl (C=O) groups excluding carboxylic acids is 2. The highest BCUT2D eigenvalue weighted by Gasteiger charge is 2.33. The zero-order valence-corrected chi connectivity index (χ0v) is 40.3. The number of piperazine rings is 2. The Morgan fingerprint density at radius 3 is 1.56 bits per heavy atom. The molecule has 22 heteroatoms. The number of rotatable bonds is 31. The predicted molar refractivity (Wildman–Crippen MR) is 246 cm³/mol. The van der Waals surface area contributed by atoms with Gasteiger partial charge in [0, 0.05) is 71.3 Å². The molecular formula is C44H76ClN16O5+. The molecule has 0 unspecified atom stereocenters. The largest absolute Gasteiger partial charge is 1.00 e. The summed E-state index contributed by atoms with van der Waals surface area (Å²) in [5, 5.41) is 20.9. The van der Waals surface area contributed by atoms with Crippen molar-refractivity contribution in [3.05, 3.63) is 23.8 Å². The van der Waals surface area contributed by atoms with Gasteiger partial charge in [-0.25, -0.2) is 9.36 Å². The number of aromatic nitrogens is 9. The summed E-state index contributed by atoms with van der Waals surface area (Å²) in [6.07, 6.45) is 20.0. The van der Waals surface area contributed by atoms with E-state index in [9.17, 15) is 9.59 Å². The lowest BCUT2D eigenvalue weighted by atomic mass is 10.1. The molecule has 2 aliphatic heterocycles. The van der Waals surface area contributed by atoms with Gasteiger partial charge in [-0.2, -0.15) is 15.0 Å². The van der Waals surface area contributed by atoms with Crippen molar-refractivity contribution in [1.82, 2.24) is 54.7 Å². The van der Waals surface area contributed by atoms with Crippen molar-refractivity contribution in [3.63, 3.8) is 0 Å². The van der Waals surface area contributed by atoms with Crippen LogP contribution < -0.4 is 39.0 Å². The number of halogens is 1. The Morgan fingerprint density at radius 1 is 0.667 bits per heavy atom. The number of carbonyl (C=O) groups is 2. The third-order valence-corrected chi connectivity index (χ3v) is 11.7. The van der Waals surface area contributed by atoms with Crippen LogP contribution in [0.15, 0.2) is 12.4 Å². The Hall–Kier alpha value is -4.72. The number of ether oxygens (including phenoxy) is 3. The molecule has 0 aromatic carbocycles. The maximum atomic E-state index is 14.1. The quantitative estimate of drug-likeness (QED) is 0.0444. The molecule has 2 amide bonds. The van der Waals surface area contributed by atoms with Crippen LogP contribution in [0.4, 0.5) is 17.8 Å². The van der Waals surface area contributed by atoms with Crippen molar-refractivity contribution in [2.45, 2.75) is 103 Å². The van der Waals surface area contributed by atoms with E-state index in [1.807, 2.05) is 22.2 Å². The molecular weight excluding hydrogens is 868 g/mol. The van der Waals surface area contributed by atoms with E-state index < -0.39 is 12.1 Å². The second-order valence-electron chi connectivity index (χ2n) is 16.6. The molecule has 2 aliphatic rings. The normalized spacial score (nSPS) is 15.1. The lowest BCUT2D eigenvalue weighted by molar-refractivity contribution is -0.369. The smallest absolute Gasteiger partial charge is 0.247 e. The van der Waals surface area contributed by atoms with Crippen LogP contribution in [-0.4, -0.2) is 178 Å². The predicted octanol–water partition coefficient (Wildman–Crippen LogP) is -2.56. The minimum Gasteiger partial charge on any atom is -1.00 e.